The second-order valence-electron chi connectivity index (χ2n) is 5.99. The maximum atomic E-state index is 12.2. The highest BCUT2D eigenvalue weighted by molar-refractivity contribution is 5.87. The molecule has 7 heteroatoms. The Bertz CT molecular complexity index is 562. The number of guanidine groups is 1. The number of nitrogens with one attached hydrogen (secondary N) is 1. The fourth-order valence-electron chi connectivity index (χ4n) is 2.84. The molecule has 3 rings (SSSR count). The molecule has 2 heterocycles. The van der Waals surface area contributed by atoms with Gasteiger partial charge in [0, 0.05) is 38.9 Å². The third-order valence-electron chi connectivity index (χ3n) is 4.14. The van der Waals surface area contributed by atoms with Gasteiger partial charge >= 0.3 is 0 Å². The van der Waals surface area contributed by atoms with Crippen molar-refractivity contribution in [2.45, 2.75) is 32.4 Å². The molecule has 2 fully saturated rings. The van der Waals surface area contributed by atoms with Crippen LogP contribution in [0.2, 0.25) is 0 Å². The van der Waals surface area contributed by atoms with E-state index in [1.165, 1.54) is 12.8 Å². The van der Waals surface area contributed by atoms with E-state index < -0.39 is 0 Å². The number of nitrogens with zero attached hydrogens (tertiary/aromatic N) is 5. The normalized spacial score (nSPS) is 19.7. The summed E-state index contributed by atoms with van der Waals surface area (Å²) in [7, 11) is 1.76. The molecule has 1 saturated carbocycles. The summed E-state index contributed by atoms with van der Waals surface area (Å²) in [4.78, 5) is 20.6. The van der Waals surface area contributed by atoms with E-state index in [0.29, 0.717) is 12.6 Å². The summed E-state index contributed by atoms with van der Waals surface area (Å²) in [5.41, 5.74) is 1.16. The van der Waals surface area contributed by atoms with Gasteiger partial charge in [0.1, 0.15) is 0 Å². The first-order valence-corrected chi connectivity index (χ1v) is 7.91. The molecule has 0 atom stereocenters. The lowest BCUT2D eigenvalue weighted by atomic mass is 10.3. The summed E-state index contributed by atoms with van der Waals surface area (Å²) >= 11 is 0. The van der Waals surface area contributed by atoms with E-state index in [1.807, 2.05) is 33.8 Å². The Kier molecular flexibility index (Phi) is 4.31. The van der Waals surface area contributed by atoms with Crippen LogP contribution < -0.4 is 5.32 Å². The highest BCUT2D eigenvalue weighted by atomic mass is 16.2. The Labute approximate surface area is 131 Å². The van der Waals surface area contributed by atoms with Crippen molar-refractivity contribution in [2.75, 3.05) is 33.2 Å². The van der Waals surface area contributed by atoms with Crippen molar-refractivity contribution in [2.24, 2.45) is 4.99 Å². The van der Waals surface area contributed by atoms with Gasteiger partial charge in [-0.25, -0.2) is 0 Å². The lowest BCUT2D eigenvalue weighted by molar-refractivity contribution is -0.135. The van der Waals surface area contributed by atoms with Crippen LogP contribution in [0, 0.1) is 6.92 Å². The number of hydrogen-bond donors (Lipinski definition) is 1. The molecule has 0 unspecified atom stereocenters. The highest BCUT2D eigenvalue weighted by Crippen LogP contribution is 2.27. The molecule has 22 heavy (non-hydrogen) atoms. The number of rotatable bonds is 4. The number of amides is 1. The molecule has 120 valence electrons. The largest absolute Gasteiger partial charge is 0.354 e. The van der Waals surface area contributed by atoms with Gasteiger partial charge in [-0.15, -0.1) is 0 Å². The topological polar surface area (TPSA) is 65.8 Å². The van der Waals surface area contributed by atoms with Crippen LogP contribution in [0.4, 0.5) is 0 Å². The molecule has 1 aromatic heterocycles. The van der Waals surface area contributed by atoms with Crippen LogP contribution in [-0.2, 0) is 11.3 Å². The summed E-state index contributed by atoms with van der Waals surface area (Å²) in [5.74, 6) is 1.02. The van der Waals surface area contributed by atoms with Gasteiger partial charge in [0.15, 0.2) is 5.96 Å². The fourth-order valence-corrected chi connectivity index (χ4v) is 2.84. The lowest BCUT2D eigenvalue weighted by Gasteiger charge is -2.36. The van der Waals surface area contributed by atoms with Crippen molar-refractivity contribution in [3.63, 3.8) is 0 Å². The molecule has 0 aromatic carbocycles. The molecular weight excluding hydrogens is 280 g/mol. The average molecular weight is 304 g/mol. The second-order valence-corrected chi connectivity index (χ2v) is 5.99. The van der Waals surface area contributed by atoms with E-state index in [1.54, 1.807) is 7.05 Å². The summed E-state index contributed by atoms with van der Waals surface area (Å²) in [5, 5.41) is 7.58. The van der Waals surface area contributed by atoms with Gasteiger partial charge < -0.3 is 15.1 Å². The Morgan fingerprint density at radius 3 is 2.86 bits per heavy atom. The number of carbonyl (C=O) groups excluding carboxylic acids is 1. The van der Waals surface area contributed by atoms with Gasteiger partial charge in [0.25, 0.3) is 0 Å². The Morgan fingerprint density at radius 1 is 1.45 bits per heavy atom. The monoisotopic (exact) mass is 304 g/mol. The van der Waals surface area contributed by atoms with Crippen molar-refractivity contribution in [3.8, 4) is 0 Å². The van der Waals surface area contributed by atoms with Crippen LogP contribution in [-0.4, -0.2) is 70.7 Å². The van der Waals surface area contributed by atoms with Gasteiger partial charge in [-0.2, -0.15) is 5.10 Å². The molecule has 7 nitrogen and oxygen atoms in total. The van der Waals surface area contributed by atoms with Gasteiger partial charge in [-0.1, -0.05) is 0 Å². The van der Waals surface area contributed by atoms with Crippen molar-refractivity contribution in [1.29, 1.82) is 0 Å². The first-order valence-electron chi connectivity index (χ1n) is 7.91. The van der Waals surface area contributed by atoms with E-state index in [9.17, 15) is 4.79 Å². The number of carbonyl (C=O) groups is 1. The minimum atomic E-state index is 0.222. The Morgan fingerprint density at radius 2 is 2.27 bits per heavy atom. The number of aryl methyl sites for hydroxylation is 1. The highest BCUT2D eigenvalue weighted by Gasteiger charge is 2.36. The Hall–Kier alpha value is -2.05. The SMILES string of the molecule is CN=C(NCCn1cc(C)cn1)N1CCN(C2CC2)C(=O)C1. The summed E-state index contributed by atoms with van der Waals surface area (Å²) in [6, 6.07) is 0.507. The number of aliphatic imine (C=N–C) groups is 1. The van der Waals surface area contributed by atoms with Crippen LogP contribution in [0.1, 0.15) is 18.4 Å². The zero-order valence-electron chi connectivity index (χ0n) is 13.3. The summed E-state index contributed by atoms with van der Waals surface area (Å²) < 4.78 is 1.91. The fraction of sp³-hybridized carbons (Fsp3) is 0.667. The van der Waals surface area contributed by atoms with E-state index in [2.05, 4.69) is 15.4 Å². The first-order chi connectivity index (χ1) is 10.7. The third-order valence-corrected chi connectivity index (χ3v) is 4.14. The first kappa shape index (κ1) is 14.9. The lowest BCUT2D eigenvalue weighted by Crippen LogP contribution is -2.56. The average Bonchev–Trinajstić information content (AvgIpc) is 3.26. The van der Waals surface area contributed by atoms with Crippen molar-refractivity contribution < 1.29 is 4.79 Å². The maximum absolute atomic E-state index is 12.2. The minimum Gasteiger partial charge on any atom is -0.354 e. The maximum Gasteiger partial charge on any atom is 0.242 e. The number of piperazine rings is 1. The standard InChI is InChI=1S/C15H24N6O/c1-12-9-18-20(10-12)6-5-17-15(16-2)19-7-8-21(13-3-4-13)14(22)11-19/h9-10,13H,3-8,11H2,1-2H3,(H,16,17). The van der Waals surface area contributed by atoms with E-state index in [4.69, 9.17) is 0 Å². The van der Waals surface area contributed by atoms with Crippen molar-refractivity contribution >= 4 is 11.9 Å². The zero-order chi connectivity index (χ0) is 15.5. The van der Waals surface area contributed by atoms with Crippen LogP contribution in [0.25, 0.3) is 0 Å². The molecule has 0 spiro atoms. The zero-order valence-corrected chi connectivity index (χ0v) is 13.3. The molecule has 2 aliphatic rings. The van der Waals surface area contributed by atoms with E-state index >= 15 is 0 Å². The quantitative estimate of drug-likeness (QED) is 0.632. The minimum absolute atomic E-state index is 0.222. The molecule has 1 N–H and O–H groups in total. The van der Waals surface area contributed by atoms with Gasteiger partial charge in [-0.3, -0.25) is 14.5 Å². The van der Waals surface area contributed by atoms with Crippen LogP contribution >= 0.6 is 0 Å². The van der Waals surface area contributed by atoms with Gasteiger partial charge in [0.05, 0.1) is 19.3 Å². The van der Waals surface area contributed by atoms with Gasteiger partial charge in [0.2, 0.25) is 5.91 Å². The number of hydrogen-bond acceptors (Lipinski definition) is 3. The van der Waals surface area contributed by atoms with Crippen molar-refractivity contribution in [3.05, 3.63) is 18.0 Å². The van der Waals surface area contributed by atoms with Crippen LogP contribution in [0.3, 0.4) is 0 Å². The van der Waals surface area contributed by atoms with Gasteiger partial charge in [-0.05, 0) is 25.3 Å². The van der Waals surface area contributed by atoms with Crippen LogP contribution in [0.5, 0.6) is 0 Å². The predicted octanol–water partition coefficient (Wildman–Crippen LogP) is 0.0735. The molecule has 0 bridgehead atoms. The molecule has 1 aromatic rings. The molecule has 1 aliphatic heterocycles. The third kappa shape index (κ3) is 3.40. The molecule has 1 amide bonds. The molecular formula is C15H24N6O. The number of aromatic nitrogens is 2. The molecule has 0 radical (unpaired) electrons. The summed E-state index contributed by atoms with van der Waals surface area (Å²) in [6.07, 6.45) is 6.21. The van der Waals surface area contributed by atoms with E-state index in [-0.39, 0.29) is 5.91 Å². The Balaban J connectivity index is 1.48. The second kappa shape index (κ2) is 6.37. The molecule has 1 saturated heterocycles. The summed E-state index contributed by atoms with van der Waals surface area (Å²) in [6.45, 7) is 5.64. The molecule has 1 aliphatic carbocycles. The smallest absolute Gasteiger partial charge is 0.242 e. The van der Waals surface area contributed by atoms with E-state index in [0.717, 1.165) is 37.7 Å². The predicted molar refractivity (Wildman–Crippen MR) is 84.6 cm³/mol. The van der Waals surface area contributed by atoms with Crippen LogP contribution in [0.15, 0.2) is 17.4 Å². The van der Waals surface area contributed by atoms with Crippen molar-refractivity contribution in [1.82, 2.24) is 24.9 Å².